The molecule has 0 spiro atoms. The number of anilines is 2. The van der Waals surface area contributed by atoms with Gasteiger partial charge in [-0.25, -0.2) is 4.98 Å². The second-order valence-electron chi connectivity index (χ2n) is 6.49. The third-order valence-corrected chi connectivity index (χ3v) is 6.13. The molecule has 0 radical (unpaired) electrons. The fourth-order valence-corrected chi connectivity index (χ4v) is 4.72. The van der Waals surface area contributed by atoms with E-state index in [1.165, 1.54) is 16.9 Å². The molecule has 3 aromatic rings. The molecular formula is C17H21N5OS. The molecule has 0 bridgehead atoms. The monoisotopic (exact) mass is 343 g/mol. The maximum Gasteiger partial charge on any atom is 0.263 e. The lowest BCUT2D eigenvalue weighted by atomic mass is 9.97. The number of nitrogens with one attached hydrogen (secondary N) is 1. The second kappa shape index (κ2) is 5.44. The van der Waals surface area contributed by atoms with Crippen LogP contribution in [0.2, 0.25) is 0 Å². The molecule has 3 heterocycles. The Bertz CT molecular complexity index is 1010. The van der Waals surface area contributed by atoms with E-state index in [0.29, 0.717) is 5.95 Å². The van der Waals surface area contributed by atoms with Crippen molar-refractivity contribution in [2.24, 2.45) is 14.1 Å². The average Bonchev–Trinajstić information content (AvgIpc) is 3.04. The molecule has 0 fully saturated rings. The number of fused-ring (bicyclic) bond motifs is 3. The van der Waals surface area contributed by atoms with Gasteiger partial charge in [-0.3, -0.25) is 14.0 Å². The van der Waals surface area contributed by atoms with Crippen LogP contribution in [0.1, 0.15) is 34.7 Å². The van der Waals surface area contributed by atoms with E-state index in [1.54, 1.807) is 23.0 Å². The van der Waals surface area contributed by atoms with Crippen molar-refractivity contribution in [3.05, 3.63) is 32.2 Å². The minimum Gasteiger partial charge on any atom is -0.322 e. The Kier molecular flexibility index (Phi) is 3.49. The lowest BCUT2D eigenvalue weighted by molar-refractivity contribution is 0.699. The van der Waals surface area contributed by atoms with Crippen molar-refractivity contribution < 1.29 is 0 Å². The molecule has 0 saturated carbocycles. The summed E-state index contributed by atoms with van der Waals surface area (Å²) in [6.45, 7) is 3.96. The maximum atomic E-state index is 12.9. The van der Waals surface area contributed by atoms with Gasteiger partial charge in [0.25, 0.3) is 5.56 Å². The van der Waals surface area contributed by atoms with Crippen molar-refractivity contribution in [1.29, 1.82) is 0 Å². The molecule has 4 rings (SSSR count). The number of aryl methyl sites for hydroxylation is 4. The lowest BCUT2D eigenvalue weighted by Gasteiger charge is -2.12. The molecule has 0 aromatic carbocycles. The SMILES string of the molecule is Cc1nn(C)c(C)c1Nc1nc2sc3c(c2c(=O)n1C)CCCC3. The molecule has 24 heavy (non-hydrogen) atoms. The van der Waals surface area contributed by atoms with Gasteiger partial charge in [-0.15, -0.1) is 11.3 Å². The summed E-state index contributed by atoms with van der Waals surface area (Å²) < 4.78 is 3.45. The first-order chi connectivity index (χ1) is 11.5. The molecule has 0 atom stereocenters. The summed E-state index contributed by atoms with van der Waals surface area (Å²) in [4.78, 5) is 19.9. The van der Waals surface area contributed by atoms with E-state index in [0.717, 1.165) is 46.6 Å². The number of thiophene rings is 1. The quantitative estimate of drug-likeness (QED) is 0.777. The highest BCUT2D eigenvalue weighted by Crippen LogP contribution is 2.34. The first kappa shape index (κ1) is 15.4. The Morgan fingerprint density at radius 1 is 1.17 bits per heavy atom. The number of nitrogens with zero attached hydrogens (tertiary/aromatic N) is 4. The van der Waals surface area contributed by atoms with E-state index in [1.807, 2.05) is 25.6 Å². The van der Waals surface area contributed by atoms with Crippen LogP contribution in [-0.2, 0) is 26.9 Å². The first-order valence-electron chi connectivity index (χ1n) is 8.26. The van der Waals surface area contributed by atoms with Gasteiger partial charge in [0.05, 0.1) is 22.5 Å². The topological polar surface area (TPSA) is 64.7 Å². The third-order valence-electron chi connectivity index (χ3n) is 4.94. The van der Waals surface area contributed by atoms with Gasteiger partial charge in [0.1, 0.15) is 4.83 Å². The summed E-state index contributed by atoms with van der Waals surface area (Å²) >= 11 is 1.68. The van der Waals surface area contributed by atoms with Crippen LogP contribution in [0.25, 0.3) is 10.2 Å². The van der Waals surface area contributed by atoms with E-state index in [4.69, 9.17) is 4.98 Å². The van der Waals surface area contributed by atoms with Crippen LogP contribution in [0.15, 0.2) is 4.79 Å². The van der Waals surface area contributed by atoms with Crippen molar-refractivity contribution in [3.63, 3.8) is 0 Å². The predicted molar refractivity (Wildman–Crippen MR) is 97.5 cm³/mol. The summed E-state index contributed by atoms with van der Waals surface area (Å²) in [6, 6.07) is 0. The number of hydrogen-bond acceptors (Lipinski definition) is 5. The van der Waals surface area contributed by atoms with Gasteiger partial charge >= 0.3 is 0 Å². The molecule has 3 aromatic heterocycles. The first-order valence-corrected chi connectivity index (χ1v) is 9.07. The molecule has 7 heteroatoms. The van der Waals surface area contributed by atoms with E-state index in [2.05, 4.69) is 10.4 Å². The van der Waals surface area contributed by atoms with Gasteiger partial charge in [-0.2, -0.15) is 5.10 Å². The smallest absolute Gasteiger partial charge is 0.263 e. The van der Waals surface area contributed by atoms with Crippen LogP contribution in [0.3, 0.4) is 0 Å². The Balaban J connectivity index is 1.88. The van der Waals surface area contributed by atoms with Crippen LogP contribution in [0.5, 0.6) is 0 Å². The molecule has 0 aliphatic heterocycles. The Labute approximate surface area is 144 Å². The van der Waals surface area contributed by atoms with Crippen LogP contribution < -0.4 is 10.9 Å². The number of rotatable bonds is 2. The Morgan fingerprint density at radius 3 is 2.62 bits per heavy atom. The minimum absolute atomic E-state index is 0.0427. The molecule has 0 amide bonds. The zero-order valence-electron chi connectivity index (χ0n) is 14.4. The van der Waals surface area contributed by atoms with Gasteiger partial charge in [-0.1, -0.05) is 0 Å². The maximum absolute atomic E-state index is 12.9. The Morgan fingerprint density at radius 2 is 1.92 bits per heavy atom. The second-order valence-corrected chi connectivity index (χ2v) is 7.57. The van der Waals surface area contributed by atoms with E-state index in [9.17, 15) is 4.79 Å². The number of aromatic nitrogens is 4. The molecule has 126 valence electrons. The predicted octanol–water partition coefficient (Wildman–Crippen LogP) is 2.97. The van der Waals surface area contributed by atoms with Crippen LogP contribution in [0.4, 0.5) is 11.6 Å². The molecule has 1 N–H and O–H groups in total. The Hall–Kier alpha value is -2.15. The fourth-order valence-electron chi connectivity index (χ4n) is 3.46. The summed E-state index contributed by atoms with van der Waals surface area (Å²) in [5.41, 5.74) is 4.11. The van der Waals surface area contributed by atoms with Crippen molar-refractivity contribution in [2.75, 3.05) is 5.32 Å². The van der Waals surface area contributed by atoms with E-state index < -0.39 is 0 Å². The molecule has 1 aliphatic rings. The van der Waals surface area contributed by atoms with E-state index >= 15 is 0 Å². The standard InChI is InChI=1S/C17H21N5OS/c1-9-14(10(2)22(4)20-9)18-17-19-15-13(16(23)21(17)3)11-7-5-6-8-12(11)24-15/h5-8H2,1-4H3,(H,18,19). The number of hydrogen-bond donors (Lipinski definition) is 1. The van der Waals surface area contributed by atoms with Gasteiger partial charge in [0.2, 0.25) is 5.95 Å². The normalized spacial score (nSPS) is 14.2. The summed E-state index contributed by atoms with van der Waals surface area (Å²) in [5.74, 6) is 0.574. The fraction of sp³-hybridized carbons (Fsp3) is 0.471. The molecule has 1 aliphatic carbocycles. The highest BCUT2D eigenvalue weighted by molar-refractivity contribution is 7.18. The summed E-state index contributed by atoms with van der Waals surface area (Å²) in [6.07, 6.45) is 4.44. The molecular weight excluding hydrogens is 322 g/mol. The zero-order valence-corrected chi connectivity index (χ0v) is 15.3. The van der Waals surface area contributed by atoms with Crippen molar-refractivity contribution in [1.82, 2.24) is 19.3 Å². The van der Waals surface area contributed by atoms with Gasteiger partial charge < -0.3 is 5.32 Å². The van der Waals surface area contributed by atoms with Crippen LogP contribution in [-0.4, -0.2) is 19.3 Å². The largest absolute Gasteiger partial charge is 0.322 e. The van der Waals surface area contributed by atoms with Gasteiger partial charge in [0.15, 0.2) is 0 Å². The third kappa shape index (κ3) is 2.18. The van der Waals surface area contributed by atoms with Crippen molar-refractivity contribution >= 4 is 33.2 Å². The average molecular weight is 343 g/mol. The zero-order chi connectivity index (χ0) is 17.0. The minimum atomic E-state index is 0.0427. The lowest BCUT2D eigenvalue weighted by Crippen LogP contribution is -2.21. The van der Waals surface area contributed by atoms with Gasteiger partial charge in [0, 0.05) is 19.0 Å². The highest BCUT2D eigenvalue weighted by atomic mass is 32.1. The molecule has 6 nitrogen and oxygen atoms in total. The van der Waals surface area contributed by atoms with Crippen LogP contribution >= 0.6 is 11.3 Å². The summed E-state index contributed by atoms with van der Waals surface area (Å²) in [7, 11) is 3.70. The van der Waals surface area contributed by atoms with Crippen molar-refractivity contribution in [3.8, 4) is 0 Å². The van der Waals surface area contributed by atoms with E-state index in [-0.39, 0.29) is 5.56 Å². The molecule has 0 unspecified atom stereocenters. The highest BCUT2D eigenvalue weighted by Gasteiger charge is 2.21. The van der Waals surface area contributed by atoms with Crippen molar-refractivity contribution in [2.45, 2.75) is 39.5 Å². The van der Waals surface area contributed by atoms with Crippen LogP contribution in [0, 0.1) is 13.8 Å². The van der Waals surface area contributed by atoms with Gasteiger partial charge in [-0.05, 0) is 45.1 Å². The summed E-state index contributed by atoms with van der Waals surface area (Å²) in [5, 5.41) is 8.56. The molecule has 0 saturated heterocycles.